The summed E-state index contributed by atoms with van der Waals surface area (Å²) in [5.74, 6) is 1.73. The van der Waals surface area contributed by atoms with E-state index in [1.807, 2.05) is 23.2 Å². The Bertz CT molecular complexity index is 768. The third kappa shape index (κ3) is 2.84. The topological polar surface area (TPSA) is 76.1 Å². The monoisotopic (exact) mass is 353 g/mol. The van der Waals surface area contributed by atoms with Gasteiger partial charge in [0, 0.05) is 19.8 Å². The molecule has 2 unspecified atom stereocenters. The predicted octanol–water partition coefficient (Wildman–Crippen LogP) is 1.92. The van der Waals surface area contributed by atoms with E-state index < -0.39 is 0 Å². The van der Waals surface area contributed by atoms with Crippen molar-refractivity contribution in [2.24, 2.45) is 10.9 Å². The molecule has 1 amide bonds. The predicted molar refractivity (Wildman–Crippen MR) is 100 cm³/mol. The lowest BCUT2D eigenvalue weighted by molar-refractivity contribution is -0.137. The number of nitrogens with one attached hydrogen (secondary N) is 1. The Hall–Kier alpha value is -2.80. The van der Waals surface area contributed by atoms with E-state index in [1.165, 1.54) is 0 Å². The molecule has 3 rings (SSSR count). The number of rotatable bonds is 2. The van der Waals surface area contributed by atoms with E-state index >= 15 is 0 Å². The van der Waals surface area contributed by atoms with E-state index in [9.17, 15) is 4.79 Å². The van der Waals surface area contributed by atoms with Gasteiger partial charge in [-0.1, -0.05) is 6.92 Å². The summed E-state index contributed by atoms with van der Waals surface area (Å²) in [6, 6.07) is 2.00. The lowest BCUT2D eigenvalue weighted by Gasteiger charge is -2.45. The smallest absolute Gasteiger partial charge is 0.346 e. The highest BCUT2D eigenvalue weighted by Gasteiger charge is 2.53. The number of aliphatic imine (C=N–C) groups is 1. The fourth-order valence-electron chi connectivity index (χ4n) is 4.53. The highest BCUT2D eigenvalue weighted by atomic mass is 16.2. The van der Waals surface area contributed by atoms with Gasteiger partial charge >= 0.3 is 5.82 Å². The molecule has 136 valence electrons. The Morgan fingerprint density at radius 3 is 3.08 bits per heavy atom. The van der Waals surface area contributed by atoms with Gasteiger partial charge in [-0.25, -0.2) is 4.90 Å². The van der Waals surface area contributed by atoms with Gasteiger partial charge in [-0.15, -0.1) is 0 Å². The number of nitrogens with zero attached hydrogens (tertiary/aromatic N) is 5. The number of carbonyl (C=O) groups excluding carboxylic acids is 1. The molecule has 2 fully saturated rings. The quantitative estimate of drug-likeness (QED) is 0.823. The van der Waals surface area contributed by atoms with Gasteiger partial charge in [0.15, 0.2) is 0 Å². The zero-order chi connectivity index (χ0) is 18.7. The van der Waals surface area contributed by atoms with E-state index in [2.05, 4.69) is 27.0 Å². The summed E-state index contributed by atoms with van der Waals surface area (Å²) in [6.07, 6.45) is 6.53. The molecular formula is C19H25N6O+. The molecular weight excluding hydrogens is 328 g/mol. The maximum atomic E-state index is 12.5. The van der Waals surface area contributed by atoms with Gasteiger partial charge in [0.1, 0.15) is 30.9 Å². The van der Waals surface area contributed by atoms with E-state index in [0.29, 0.717) is 24.8 Å². The number of amides is 1. The van der Waals surface area contributed by atoms with Crippen molar-refractivity contribution in [3.8, 4) is 12.6 Å². The van der Waals surface area contributed by atoms with Crippen LogP contribution < -0.4 is 5.32 Å². The van der Waals surface area contributed by atoms with E-state index in [4.69, 9.17) is 11.8 Å². The fraction of sp³-hybridized carbons (Fsp3) is 0.579. The molecule has 1 spiro atoms. The first kappa shape index (κ1) is 18.0. The highest BCUT2D eigenvalue weighted by molar-refractivity contribution is 6.04. The van der Waals surface area contributed by atoms with Crippen LogP contribution in [-0.4, -0.2) is 53.8 Å². The molecule has 3 heterocycles. The molecule has 26 heavy (non-hydrogen) atoms. The average Bonchev–Trinajstić information content (AvgIpc) is 3.22. The molecule has 0 saturated carbocycles. The number of likely N-dealkylation sites (tertiary alicyclic amines) is 2. The summed E-state index contributed by atoms with van der Waals surface area (Å²) in [7, 11) is 1.72. The summed E-state index contributed by atoms with van der Waals surface area (Å²) in [5.41, 5.74) is 0.606. The second-order valence-corrected chi connectivity index (χ2v) is 7.11. The average molecular weight is 353 g/mol. The summed E-state index contributed by atoms with van der Waals surface area (Å²) in [4.78, 5) is 24.9. The van der Waals surface area contributed by atoms with E-state index in [-0.39, 0.29) is 17.9 Å². The molecule has 7 heteroatoms. The SMILES string of the molecule is C#[N+]/C(=C1/C=CNC1=NC)N1CCCC2(C1)C(C)CCN2C(=O)CC#N. The third-order valence-electron chi connectivity index (χ3n) is 5.89. The third-order valence-corrected chi connectivity index (χ3v) is 5.89. The van der Waals surface area contributed by atoms with E-state index in [0.717, 1.165) is 37.2 Å². The molecule has 0 aromatic rings. The van der Waals surface area contributed by atoms with Gasteiger partial charge in [-0.2, -0.15) is 10.1 Å². The van der Waals surface area contributed by atoms with Crippen LogP contribution in [0.5, 0.6) is 0 Å². The normalized spacial score (nSPS) is 31.1. The molecule has 0 aromatic carbocycles. The number of carbonyl (C=O) groups is 1. The molecule has 0 aromatic heterocycles. The molecule has 7 nitrogen and oxygen atoms in total. The second kappa shape index (κ2) is 7.21. The fourth-order valence-corrected chi connectivity index (χ4v) is 4.53. The van der Waals surface area contributed by atoms with Crippen molar-refractivity contribution < 1.29 is 4.79 Å². The molecule has 2 saturated heterocycles. The largest absolute Gasteiger partial charge is 0.391 e. The van der Waals surface area contributed by atoms with Crippen molar-refractivity contribution in [2.75, 3.05) is 26.7 Å². The van der Waals surface area contributed by atoms with Crippen molar-refractivity contribution in [1.82, 2.24) is 15.1 Å². The van der Waals surface area contributed by atoms with Crippen LogP contribution in [0, 0.1) is 23.8 Å². The van der Waals surface area contributed by atoms with Crippen LogP contribution in [0.4, 0.5) is 0 Å². The first-order chi connectivity index (χ1) is 12.6. The second-order valence-electron chi connectivity index (χ2n) is 7.11. The van der Waals surface area contributed by atoms with Crippen LogP contribution in [0.1, 0.15) is 32.6 Å². The van der Waals surface area contributed by atoms with Crippen molar-refractivity contribution in [1.29, 1.82) is 5.26 Å². The van der Waals surface area contributed by atoms with Crippen molar-refractivity contribution in [3.63, 3.8) is 0 Å². The standard InChI is InChI=1S/C19H25N6O/c1-14-7-12-25(16(26)5-9-20)19(14)8-4-11-24(13-19)18(22-3)15-6-10-23-17(15)21-2/h3,6,10,14H,4-5,7-8,11-13H2,1-2H3,(H,21,23)/q+1/b18-15+. The minimum atomic E-state index is -0.262. The van der Waals surface area contributed by atoms with Crippen molar-refractivity contribution in [3.05, 3.63) is 28.5 Å². The summed E-state index contributed by atoms with van der Waals surface area (Å²) >= 11 is 0. The van der Waals surface area contributed by atoms with Gasteiger partial charge in [-0.3, -0.25) is 9.79 Å². The lowest BCUT2D eigenvalue weighted by Crippen LogP contribution is -2.59. The molecule has 0 aliphatic carbocycles. The Labute approximate surface area is 154 Å². The van der Waals surface area contributed by atoms with Gasteiger partial charge in [0.05, 0.1) is 18.2 Å². The molecule has 3 aliphatic rings. The summed E-state index contributed by atoms with van der Waals surface area (Å²) in [6.45, 7) is 10.2. The zero-order valence-electron chi connectivity index (χ0n) is 15.4. The molecule has 1 N–H and O–H groups in total. The van der Waals surface area contributed by atoms with Gasteiger partial charge in [-0.05, 0) is 31.3 Å². The first-order valence-corrected chi connectivity index (χ1v) is 9.05. The highest BCUT2D eigenvalue weighted by Crippen LogP contribution is 2.43. The maximum absolute atomic E-state index is 12.5. The number of hydrogen-bond donors (Lipinski definition) is 1. The number of nitriles is 1. The Morgan fingerprint density at radius 2 is 2.38 bits per heavy atom. The minimum Gasteiger partial charge on any atom is -0.346 e. The van der Waals surface area contributed by atoms with Crippen molar-refractivity contribution >= 4 is 11.7 Å². The number of hydrogen-bond acceptors (Lipinski definition) is 4. The van der Waals surface area contributed by atoms with E-state index in [1.54, 1.807) is 7.05 Å². The Kier molecular flexibility index (Phi) is 4.99. The summed E-state index contributed by atoms with van der Waals surface area (Å²) in [5, 5.41) is 12.0. The van der Waals surface area contributed by atoms with Crippen LogP contribution in [-0.2, 0) is 4.79 Å². The number of piperidine rings is 1. The van der Waals surface area contributed by atoms with Gasteiger partial charge in [0.2, 0.25) is 5.91 Å². The zero-order valence-corrected chi connectivity index (χ0v) is 15.4. The molecule has 2 atom stereocenters. The Morgan fingerprint density at radius 1 is 1.58 bits per heavy atom. The van der Waals surface area contributed by atoms with Gasteiger partial charge < -0.3 is 10.2 Å². The molecule has 3 aliphatic heterocycles. The lowest BCUT2D eigenvalue weighted by atomic mass is 9.79. The minimum absolute atomic E-state index is 0.0665. The maximum Gasteiger partial charge on any atom is 0.391 e. The summed E-state index contributed by atoms with van der Waals surface area (Å²) < 4.78 is 0. The van der Waals surface area contributed by atoms with Crippen LogP contribution in [0.3, 0.4) is 0 Å². The van der Waals surface area contributed by atoms with Crippen LogP contribution in [0.2, 0.25) is 0 Å². The van der Waals surface area contributed by atoms with Gasteiger partial charge in [0.25, 0.3) is 0 Å². The van der Waals surface area contributed by atoms with Crippen LogP contribution >= 0.6 is 0 Å². The van der Waals surface area contributed by atoms with Crippen LogP contribution in [0.15, 0.2) is 28.7 Å². The van der Waals surface area contributed by atoms with Crippen molar-refractivity contribution in [2.45, 2.75) is 38.1 Å². The first-order valence-electron chi connectivity index (χ1n) is 9.05. The Balaban J connectivity index is 1.94. The van der Waals surface area contributed by atoms with Crippen LogP contribution in [0.25, 0.3) is 4.85 Å². The molecule has 0 bridgehead atoms. The molecule has 0 radical (unpaired) electrons. The number of amidine groups is 1.